The van der Waals surface area contributed by atoms with E-state index in [4.69, 9.17) is 0 Å². The van der Waals surface area contributed by atoms with E-state index in [0.717, 1.165) is 105 Å². The summed E-state index contributed by atoms with van der Waals surface area (Å²) in [7, 11) is 4.05. The molecule has 1 aliphatic carbocycles. The first-order valence-electron chi connectivity index (χ1n) is 21.7. The Kier molecular flexibility index (Phi) is 14.0. The molecule has 1 unspecified atom stereocenters. The predicted molar refractivity (Wildman–Crippen MR) is 256 cm³/mol. The number of quaternary nitrogens is 2. The molecule has 16 heteroatoms. The average molecular weight is 937 g/mol. The van der Waals surface area contributed by atoms with Crippen LogP contribution in [0.25, 0.3) is 0 Å². The zero-order valence-corrected chi connectivity index (χ0v) is 41.3. The fourth-order valence-corrected chi connectivity index (χ4v) is 10.6. The van der Waals surface area contributed by atoms with Crippen molar-refractivity contribution in [3.05, 3.63) is 119 Å². The highest BCUT2D eigenvalue weighted by atomic mass is 32.2. The third kappa shape index (κ3) is 11.0. The smallest absolute Gasteiger partial charge is 0.294 e. The molecule has 6 rings (SSSR count). The number of hydrogen-bond acceptors (Lipinski definition) is 7. The third-order valence-corrected chi connectivity index (χ3v) is 14.8. The van der Waals surface area contributed by atoms with Gasteiger partial charge in [-0.1, -0.05) is 32.1 Å². The standard InChI is InChI=1S/C48H63N5O8S3/c1-47(2)40-32-38(63(56,57)58)21-23-42(40)50(27-13-29-52(5,6)7)44(47)25-19-34-15-11-16-35(46(34)49-36-17-12-18-37(31-36)62(54)55)20-26-45-48(3,4)41-33-39(64(59,60)61)22-24-43(41)51(45)28-14-30-53(8,9)10/h12,17-26,31-33H,11,13-16,27-30H2,1-10H3,(H-2,54,55,56,57,58,59,60,61)/p+3/b34-19+,44-25+. The van der Waals surface area contributed by atoms with E-state index < -0.39 is 42.1 Å². The Balaban J connectivity index is 1.50. The van der Waals surface area contributed by atoms with Gasteiger partial charge in [0.1, 0.15) is 0 Å². The monoisotopic (exact) mass is 936 g/mol. The zero-order valence-electron chi connectivity index (χ0n) is 38.8. The molecule has 0 amide bonds. The van der Waals surface area contributed by atoms with Gasteiger partial charge in [0.25, 0.3) is 20.2 Å². The highest BCUT2D eigenvalue weighted by Gasteiger charge is 2.45. The maximum absolute atomic E-state index is 12.3. The summed E-state index contributed by atoms with van der Waals surface area (Å²) in [5, 5.41) is 3.63. The molecule has 0 fully saturated rings. The molecule has 346 valence electrons. The number of hydrogen-bond donors (Lipinski definition) is 4. The van der Waals surface area contributed by atoms with Crippen molar-refractivity contribution in [3.63, 3.8) is 0 Å². The molecule has 1 atom stereocenters. The van der Waals surface area contributed by atoms with Crippen LogP contribution in [0.5, 0.6) is 0 Å². The molecule has 3 aromatic rings. The fourth-order valence-electron chi connectivity index (χ4n) is 9.12. The summed E-state index contributed by atoms with van der Waals surface area (Å²) in [6, 6.07) is 16.5. The number of benzene rings is 3. The molecule has 13 nitrogen and oxygen atoms in total. The zero-order chi connectivity index (χ0) is 47.2. The van der Waals surface area contributed by atoms with Crippen molar-refractivity contribution in [1.82, 2.24) is 0 Å². The van der Waals surface area contributed by atoms with Crippen LogP contribution in [-0.2, 0) is 42.1 Å². The minimum Gasteiger partial charge on any atom is -0.355 e. The first-order valence-corrected chi connectivity index (χ1v) is 25.6. The number of allylic oxidation sites excluding steroid dienone is 7. The van der Waals surface area contributed by atoms with E-state index in [-0.39, 0.29) is 14.7 Å². The second kappa shape index (κ2) is 18.2. The van der Waals surface area contributed by atoms with Gasteiger partial charge >= 0.3 is 0 Å². The van der Waals surface area contributed by atoms with Crippen molar-refractivity contribution in [3.8, 4) is 0 Å². The van der Waals surface area contributed by atoms with Crippen molar-refractivity contribution in [2.75, 3.05) is 78.7 Å². The second-order valence-electron chi connectivity index (χ2n) is 20.2. The molecule has 0 bridgehead atoms. The van der Waals surface area contributed by atoms with E-state index in [1.54, 1.807) is 42.5 Å². The van der Waals surface area contributed by atoms with Crippen LogP contribution in [0, 0.1) is 0 Å². The van der Waals surface area contributed by atoms with Crippen molar-refractivity contribution in [1.29, 1.82) is 0 Å². The molecular formula is C48H66N5O8S3+3. The molecule has 2 heterocycles. The molecule has 64 heavy (non-hydrogen) atoms. The molecule has 0 saturated heterocycles. The SMILES string of the molecule is CC1(C)C(/C=C/C2=C(Nc3cccc(S(=O)O)c3)C(=C/C=C3/N(CCC[N+](C)(C)C)c4ccc(S(=O)(=O)O)cc4C3(C)C)/CCC2)=[N+](CCC[N+](C)(C)C)c2ccc(S(=O)(=O)O)cc21. The lowest BCUT2D eigenvalue weighted by molar-refractivity contribution is -0.871. The second-order valence-corrected chi connectivity index (χ2v) is 24.0. The Morgan fingerprint density at radius 1 is 0.781 bits per heavy atom. The highest BCUT2D eigenvalue weighted by Crippen LogP contribution is 2.49. The summed E-state index contributed by atoms with van der Waals surface area (Å²) in [5.41, 5.74) is 7.66. The van der Waals surface area contributed by atoms with E-state index in [1.807, 2.05) is 6.07 Å². The molecular weight excluding hydrogens is 871 g/mol. The van der Waals surface area contributed by atoms with E-state index in [2.05, 4.69) is 109 Å². The summed E-state index contributed by atoms with van der Waals surface area (Å²) < 4.78 is 95.3. The van der Waals surface area contributed by atoms with Gasteiger partial charge in [0.15, 0.2) is 23.3 Å². The summed E-state index contributed by atoms with van der Waals surface area (Å²) in [6.45, 7) is 11.5. The molecule has 0 radical (unpaired) electrons. The first-order chi connectivity index (χ1) is 29.6. The summed E-state index contributed by atoms with van der Waals surface area (Å²) in [4.78, 5) is 2.23. The van der Waals surface area contributed by atoms with Crippen LogP contribution >= 0.6 is 0 Å². The molecule has 2 aliphatic heterocycles. The predicted octanol–water partition coefficient (Wildman–Crippen LogP) is 8.04. The van der Waals surface area contributed by atoms with Gasteiger partial charge < -0.3 is 23.7 Å². The van der Waals surface area contributed by atoms with Crippen LogP contribution < -0.4 is 10.2 Å². The number of nitrogens with zero attached hydrogens (tertiary/aromatic N) is 4. The molecule has 0 aromatic heterocycles. The van der Waals surface area contributed by atoms with E-state index in [0.29, 0.717) is 18.8 Å². The quantitative estimate of drug-likeness (QED) is 0.0479. The van der Waals surface area contributed by atoms with Gasteiger partial charge in [-0.2, -0.15) is 21.4 Å². The van der Waals surface area contributed by atoms with E-state index in [1.165, 1.54) is 12.1 Å². The van der Waals surface area contributed by atoms with Gasteiger partial charge in [-0.15, -0.1) is 0 Å². The van der Waals surface area contributed by atoms with Crippen molar-refractivity contribution >= 4 is 54.1 Å². The average Bonchev–Trinajstić information content (AvgIpc) is 3.52. The minimum atomic E-state index is -4.43. The normalized spacial score (nSPS) is 19.5. The maximum Gasteiger partial charge on any atom is 0.294 e. The van der Waals surface area contributed by atoms with Crippen LogP contribution in [0.3, 0.4) is 0 Å². The summed E-state index contributed by atoms with van der Waals surface area (Å²) in [5.74, 6) is 0. The van der Waals surface area contributed by atoms with Crippen molar-refractivity contribution in [2.45, 2.75) is 85.3 Å². The number of rotatable bonds is 16. The Morgan fingerprint density at radius 3 is 2.03 bits per heavy atom. The number of nitrogens with one attached hydrogen (secondary N) is 1. The first kappa shape index (κ1) is 49.2. The van der Waals surface area contributed by atoms with Crippen LogP contribution in [0.4, 0.5) is 17.1 Å². The molecule has 0 spiro atoms. The largest absolute Gasteiger partial charge is 0.355 e. The van der Waals surface area contributed by atoms with Crippen molar-refractivity contribution < 1.29 is 48.2 Å². The molecule has 3 aliphatic rings. The molecule has 0 saturated carbocycles. The Labute approximate surface area is 383 Å². The summed E-state index contributed by atoms with van der Waals surface area (Å²) in [6.07, 6.45) is 12.6. The lowest BCUT2D eigenvalue weighted by Gasteiger charge is -2.29. The van der Waals surface area contributed by atoms with Gasteiger partial charge in [-0.3, -0.25) is 9.11 Å². The Hall–Kier alpha value is -4.26. The van der Waals surface area contributed by atoms with Crippen LogP contribution in [0.1, 0.15) is 70.9 Å². The van der Waals surface area contributed by atoms with Crippen LogP contribution in [0.15, 0.2) is 122 Å². The van der Waals surface area contributed by atoms with Crippen molar-refractivity contribution in [2.24, 2.45) is 0 Å². The topological polar surface area (TPSA) is 164 Å². The molecule has 4 N–H and O–H groups in total. The number of fused-ring (bicyclic) bond motifs is 2. The third-order valence-electron chi connectivity index (χ3n) is 12.5. The van der Waals surface area contributed by atoms with Crippen LogP contribution in [0.2, 0.25) is 0 Å². The van der Waals surface area contributed by atoms with Gasteiger partial charge in [0.05, 0.1) is 81.9 Å². The lowest BCUT2D eigenvalue weighted by Crippen LogP contribution is -2.37. The number of anilines is 2. The highest BCUT2D eigenvalue weighted by molar-refractivity contribution is 7.86. The fraction of sp³-hybridized carbons (Fsp3) is 0.438. The van der Waals surface area contributed by atoms with E-state index >= 15 is 0 Å². The summed E-state index contributed by atoms with van der Waals surface area (Å²) >= 11 is -2.19. The van der Waals surface area contributed by atoms with Gasteiger partial charge in [0, 0.05) is 58.9 Å². The lowest BCUT2D eigenvalue weighted by atomic mass is 9.81. The Bertz CT molecular complexity index is 2740. The maximum atomic E-state index is 12.3. The van der Waals surface area contributed by atoms with Gasteiger partial charge in [-0.25, -0.2) is 4.21 Å². The van der Waals surface area contributed by atoms with Gasteiger partial charge in [-0.05, 0) is 104 Å². The minimum absolute atomic E-state index is 0.147. The molecule has 3 aromatic carbocycles. The Morgan fingerprint density at radius 2 is 1.41 bits per heavy atom. The van der Waals surface area contributed by atoms with Gasteiger partial charge in [0.2, 0.25) is 5.69 Å². The van der Waals surface area contributed by atoms with E-state index in [9.17, 15) is 34.7 Å². The van der Waals surface area contributed by atoms with Crippen LogP contribution in [-0.4, -0.2) is 122 Å².